The van der Waals surface area contributed by atoms with E-state index in [4.69, 9.17) is 0 Å². The summed E-state index contributed by atoms with van der Waals surface area (Å²) in [5.74, 6) is 0.329. The average molecular weight is 361 g/mol. The highest BCUT2D eigenvalue weighted by atomic mass is 16.1. The molecule has 27 heavy (non-hydrogen) atoms. The van der Waals surface area contributed by atoms with Gasteiger partial charge in [-0.3, -0.25) is 9.79 Å². The van der Waals surface area contributed by atoms with Crippen molar-refractivity contribution in [3.63, 3.8) is 0 Å². The Hall–Kier alpha value is -2.49. The number of aromatic nitrogens is 1. The Labute approximate surface area is 160 Å². The number of amides is 1. The second-order valence-electron chi connectivity index (χ2n) is 7.82. The van der Waals surface area contributed by atoms with Gasteiger partial charge in [0.15, 0.2) is 0 Å². The van der Waals surface area contributed by atoms with E-state index in [2.05, 4.69) is 27.4 Å². The minimum atomic E-state index is -0.0399. The zero-order valence-corrected chi connectivity index (χ0v) is 15.9. The van der Waals surface area contributed by atoms with Gasteiger partial charge in [-0.15, -0.1) is 0 Å². The SMILES string of the molecule is CC1=CCC(Cc2cc(C(=O)NC3CCCCC3)nc3ccccc23)C=N1. The molecule has 1 fully saturated rings. The van der Waals surface area contributed by atoms with Gasteiger partial charge in [-0.1, -0.05) is 43.5 Å². The van der Waals surface area contributed by atoms with Gasteiger partial charge in [-0.05, 0) is 50.3 Å². The first-order valence-corrected chi connectivity index (χ1v) is 10.1. The molecule has 1 aliphatic heterocycles. The Kier molecular flexibility index (Phi) is 5.33. The van der Waals surface area contributed by atoms with Gasteiger partial charge < -0.3 is 5.32 Å². The number of rotatable bonds is 4. The molecule has 4 heteroatoms. The van der Waals surface area contributed by atoms with E-state index in [1.165, 1.54) is 24.8 Å². The summed E-state index contributed by atoms with van der Waals surface area (Å²) >= 11 is 0. The number of benzene rings is 1. The molecule has 0 bridgehead atoms. The topological polar surface area (TPSA) is 54.4 Å². The maximum atomic E-state index is 12.8. The predicted octanol–water partition coefficient (Wildman–Crippen LogP) is 4.83. The van der Waals surface area contributed by atoms with Crippen LogP contribution in [0.4, 0.5) is 0 Å². The number of pyridine rings is 1. The highest BCUT2D eigenvalue weighted by Crippen LogP contribution is 2.24. The first-order chi connectivity index (χ1) is 13.2. The van der Waals surface area contributed by atoms with Crippen molar-refractivity contribution >= 4 is 23.0 Å². The quantitative estimate of drug-likeness (QED) is 0.847. The number of carbonyl (C=O) groups is 1. The van der Waals surface area contributed by atoms with E-state index >= 15 is 0 Å². The fraction of sp³-hybridized carbons (Fsp3) is 0.435. The first kappa shape index (κ1) is 17.9. The number of hydrogen-bond acceptors (Lipinski definition) is 3. The Balaban J connectivity index is 1.60. The standard InChI is InChI=1S/C23H27N3O/c1-16-11-12-17(15-24-16)13-18-14-22(26-21-10-6-5-9-20(18)21)23(27)25-19-7-3-2-4-8-19/h5-6,9-11,14-15,17,19H,2-4,7-8,12-13H2,1H3,(H,25,27). The molecule has 1 N–H and O–H groups in total. The van der Waals surface area contributed by atoms with Crippen LogP contribution in [0.5, 0.6) is 0 Å². The molecule has 2 aliphatic rings. The van der Waals surface area contributed by atoms with E-state index in [0.29, 0.717) is 17.7 Å². The highest BCUT2D eigenvalue weighted by molar-refractivity contribution is 5.96. The third-order valence-corrected chi connectivity index (χ3v) is 5.66. The lowest BCUT2D eigenvalue weighted by molar-refractivity contribution is 0.0923. The molecule has 1 saturated carbocycles. The minimum absolute atomic E-state index is 0.0399. The van der Waals surface area contributed by atoms with E-state index in [9.17, 15) is 4.79 Å². The zero-order valence-electron chi connectivity index (χ0n) is 15.9. The summed E-state index contributed by atoms with van der Waals surface area (Å²) in [4.78, 5) is 21.9. The number of hydrogen-bond donors (Lipinski definition) is 1. The molecule has 0 saturated heterocycles. The number of allylic oxidation sites excluding steroid dienone is 2. The number of aliphatic imine (C=N–C) groups is 1. The Bertz CT molecular complexity index is 894. The summed E-state index contributed by atoms with van der Waals surface area (Å²) < 4.78 is 0. The maximum absolute atomic E-state index is 12.8. The van der Waals surface area contributed by atoms with Gasteiger partial charge >= 0.3 is 0 Å². The summed E-state index contributed by atoms with van der Waals surface area (Å²) in [5, 5.41) is 4.33. The lowest BCUT2D eigenvalue weighted by Crippen LogP contribution is -2.36. The molecule has 1 aliphatic carbocycles. The lowest BCUT2D eigenvalue weighted by atomic mass is 9.92. The van der Waals surface area contributed by atoms with Crippen LogP contribution in [0.25, 0.3) is 10.9 Å². The van der Waals surface area contributed by atoms with Crippen molar-refractivity contribution in [2.75, 3.05) is 0 Å². The summed E-state index contributed by atoms with van der Waals surface area (Å²) in [6.45, 7) is 2.03. The molecule has 140 valence electrons. The number of para-hydroxylation sites is 1. The average Bonchev–Trinajstić information content (AvgIpc) is 2.70. The molecule has 2 heterocycles. The fourth-order valence-corrected chi connectivity index (χ4v) is 4.12. The first-order valence-electron chi connectivity index (χ1n) is 10.1. The normalized spacial score (nSPS) is 20.5. The van der Waals surface area contributed by atoms with Crippen LogP contribution in [0.3, 0.4) is 0 Å². The van der Waals surface area contributed by atoms with Crippen LogP contribution in [0, 0.1) is 5.92 Å². The van der Waals surface area contributed by atoms with E-state index in [0.717, 1.165) is 42.3 Å². The van der Waals surface area contributed by atoms with Crippen LogP contribution in [0.2, 0.25) is 0 Å². The second-order valence-corrected chi connectivity index (χ2v) is 7.82. The largest absolute Gasteiger partial charge is 0.348 e. The zero-order chi connectivity index (χ0) is 18.6. The summed E-state index contributed by atoms with van der Waals surface area (Å²) in [6.07, 6.45) is 12.0. The molecule has 4 nitrogen and oxygen atoms in total. The van der Waals surface area contributed by atoms with Gasteiger partial charge in [0, 0.05) is 29.3 Å². The highest BCUT2D eigenvalue weighted by Gasteiger charge is 2.19. The molecule has 0 radical (unpaired) electrons. The van der Waals surface area contributed by atoms with Crippen molar-refractivity contribution in [3.05, 3.63) is 53.4 Å². The number of fused-ring (bicyclic) bond motifs is 1. The third-order valence-electron chi connectivity index (χ3n) is 5.66. The molecule has 1 atom stereocenters. The van der Waals surface area contributed by atoms with Crippen LogP contribution < -0.4 is 5.32 Å². The number of nitrogens with zero attached hydrogens (tertiary/aromatic N) is 2. The lowest BCUT2D eigenvalue weighted by Gasteiger charge is -2.23. The molecule has 0 spiro atoms. The van der Waals surface area contributed by atoms with Gasteiger partial charge in [-0.25, -0.2) is 4.98 Å². The molecule has 1 amide bonds. The van der Waals surface area contributed by atoms with Gasteiger partial charge in [0.1, 0.15) is 5.69 Å². The molecule has 2 aromatic rings. The second kappa shape index (κ2) is 8.03. The van der Waals surface area contributed by atoms with Gasteiger partial charge in [0.25, 0.3) is 5.91 Å². The van der Waals surface area contributed by atoms with Crippen molar-refractivity contribution in [1.82, 2.24) is 10.3 Å². The summed E-state index contributed by atoms with van der Waals surface area (Å²) in [5.41, 5.74) is 3.69. The Morgan fingerprint density at radius 1 is 1.19 bits per heavy atom. The predicted molar refractivity (Wildman–Crippen MR) is 110 cm³/mol. The molecule has 1 aromatic heterocycles. The van der Waals surface area contributed by atoms with Crippen molar-refractivity contribution in [2.45, 2.75) is 57.9 Å². The van der Waals surface area contributed by atoms with Crippen LogP contribution in [-0.2, 0) is 6.42 Å². The molecular weight excluding hydrogens is 334 g/mol. The van der Waals surface area contributed by atoms with E-state index in [-0.39, 0.29) is 5.91 Å². The number of nitrogens with one attached hydrogen (secondary N) is 1. The van der Waals surface area contributed by atoms with Crippen molar-refractivity contribution < 1.29 is 4.79 Å². The van der Waals surface area contributed by atoms with E-state index in [1.807, 2.05) is 37.4 Å². The molecular formula is C23H27N3O. The van der Waals surface area contributed by atoms with Crippen molar-refractivity contribution in [2.24, 2.45) is 10.9 Å². The van der Waals surface area contributed by atoms with Crippen molar-refractivity contribution in [1.29, 1.82) is 0 Å². The molecule has 1 unspecified atom stereocenters. The monoisotopic (exact) mass is 361 g/mol. The van der Waals surface area contributed by atoms with Gasteiger partial charge in [-0.2, -0.15) is 0 Å². The number of carbonyl (C=O) groups excluding carboxylic acids is 1. The van der Waals surface area contributed by atoms with Crippen LogP contribution in [0.15, 0.2) is 47.1 Å². The smallest absolute Gasteiger partial charge is 0.270 e. The van der Waals surface area contributed by atoms with Crippen LogP contribution in [0.1, 0.15) is 61.5 Å². The van der Waals surface area contributed by atoms with Crippen LogP contribution in [-0.4, -0.2) is 23.1 Å². The van der Waals surface area contributed by atoms with Gasteiger partial charge in [0.05, 0.1) is 5.52 Å². The molecule has 4 rings (SSSR count). The summed E-state index contributed by atoms with van der Waals surface area (Å²) in [6, 6.07) is 10.4. The fourth-order valence-electron chi connectivity index (χ4n) is 4.12. The summed E-state index contributed by atoms with van der Waals surface area (Å²) in [7, 11) is 0. The van der Waals surface area contributed by atoms with Gasteiger partial charge in [0.2, 0.25) is 0 Å². The Morgan fingerprint density at radius 2 is 2.00 bits per heavy atom. The minimum Gasteiger partial charge on any atom is -0.348 e. The van der Waals surface area contributed by atoms with Crippen LogP contribution >= 0.6 is 0 Å². The van der Waals surface area contributed by atoms with E-state index < -0.39 is 0 Å². The van der Waals surface area contributed by atoms with E-state index in [1.54, 1.807) is 0 Å². The van der Waals surface area contributed by atoms with Crippen molar-refractivity contribution in [3.8, 4) is 0 Å². The maximum Gasteiger partial charge on any atom is 0.270 e. The third kappa shape index (κ3) is 4.26. The Morgan fingerprint density at radius 3 is 2.78 bits per heavy atom. The molecule has 1 aromatic carbocycles.